The molecule has 2 aromatic heterocycles. The number of fused-ring (bicyclic) bond motifs is 1. The summed E-state index contributed by atoms with van der Waals surface area (Å²) in [6, 6.07) is 11.5. The monoisotopic (exact) mass is 334 g/mol. The topological polar surface area (TPSA) is 62.5 Å². The largest absolute Gasteiger partial charge is 0.437 e. The molecule has 1 saturated heterocycles. The van der Waals surface area contributed by atoms with Crippen LogP contribution >= 0.6 is 0 Å². The van der Waals surface area contributed by atoms with E-state index in [4.69, 9.17) is 4.42 Å². The molecule has 25 heavy (non-hydrogen) atoms. The number of rotatable bonds is 3. The summed E-state index contributed by atoms with van der Waals surface area (Å²) >= 11 is 0. The Morgan fingerprint density at radius 1 is 1.04 bits per heavy atom. The molecule has 1 fully saturated rings. The number of anilines is 1. The van der Waals surface area contributed by atoms with Crippen LogP contribution in [0.2, 0.25) is 0 Å². The molecule has 1 amide bonds. The minimum atomic E-state index is -0.0170. The molecule has 3 aromatic rings. The number of oxazole rings is 1. The number of carbonyl (C=O) groups is 1. The van der Waals surface area contributed by atoms with Gasteiger partial charge in [0.2, 0.25) is 11.8 Å². The highest BCUT2D eigenvalue weighted by atomic mass is 16.3. The molecule has 1 aliphatic rings. The highest BCUT2D eigenvalue weighted by molar-refractivity contribution is 5.91. The van der Waals surface area contributed by atoms with Crippen molar-refractivity contribution >= 4 is 28.8 Å². The van der Waals surface area contributed by atoms with E-state index in [1.54, 1.807) is 18.5 Å². The second-order valence-corrected chi connectivity index (χ2v) is 5.87. The summed E-state index contributed by atoms with van der Waals surface area (Å²) in [7, 11) is 0. The molecule has 0 aliphatic carbocycles. The minimum absolute atomic E-state index is 0.0170. The van der Waals surface area contributed by atoms with Crippen molar-refractivity contribution in [2.24, 2.45) is 0 Å². The molecule has 0 unspecified atom stereocenters. The first kappa shape index (κ1) is 15.4. The molecular weight excluding hydrogens is 316 g/mol. The van der Waals surface area contributed by atoms with E-state index in [1.165, 1.54) is 6.08 Å². The van der Waals surface area contributed by atoms with Gasteiger partial charge in [0.05, 0.1) is 0 Å². The van der Waals surface area contributed by atoms with Crippen LogP contribution in [0.3, 0.4) is 0 Å². The number of para-hydroxylation sites is 2. The van der Waals surface area contributed by atoms with Crippen molar-refractivity contribution in [3.8, 4) is 0 Å². The summed E-state index contributed by atoms with van der Waals surface area (Å²) in [6.45, 7) is 3.01. The van der Waals surface area contributed by atoms with Crippen LogP contribution in [-0.4, -0.2) is 47.0 Å². The second-order valence-electron chi connectivity index (χ2n) is 5.87. The molecular formula is C19H18N4O2. The quantitative estimate of drug-likeness (QED) is 0.689. The van der Waals surface area contributed by atoms with Gasteiger partial charge in [0.15, 0.2) is 5.58 Å². The maximum atomic E-state index is 12.4. The average Bonchev–Trinajstić information content (AvgIpc) is 3.10. The molecule has 0 saturated carbocycles. The molecule has 4 rings (SSSR count). The zero-order valence-corrected chi connectivity index (χ0v) is 13.7. The maximum absolute atomic E-state index is 12.4. The fraction of sp³-hybridized carbons (Fsp3) is 0.211. The highest BCUT2D eigenvalue weighted by Crippen LogP contribution is 2.17. The Bertz CT molecular complexity index is 863. The molecule has 6 nitrogen and oxygen atoms in total. The Labute approximate surface area is 145 Å². The molecule has 0 radical (unpaired) electrons. The first-order valence-corrected chi connectivity index (χ1v) is 8.27. The van der Waals surface area contributed by atoms with Crippen LogP contribution in [-0.2, 0) is 4.79 Å². The van der Waals surface area contributed by atoms with Crippen molar-refractivity contribution in [1.82, 2.24) is 14.9 Å². The van der Waals surface area contributed by atoms with Gasteiger partial charge in [-0.25, -0.2) is 4.98 Å². The summed E-state index contributed by atoms with van der Waals surface area (Å²) < 4.78 is 5.60. The number of carbonyl (C=O) groups excluding carboxylic acids is 1. The highest BCUT2D eigenvalue weighted by Gasteiger charge is 2.19. The molecule has 0 bridgehead atoms. The Morgan fingerprint density at radius 3 is 2.56 bits per heavy atom. The van der Waals surface area contributed by atoms with Crippen molar-refractivity contribution < 1.29 is 9.21 Å². The third-order valence-electron chi connectivity index (χ3n) is 4.30. The number of amides is 1. The van der Waals surface area contributed by atoms with Crippen LogP contribution in [0.4, 0.5) is 5.69 Å². The van der Waals surface area contributed by atoms with Crippen molar-refractivity contribution in [2.75, 3.05) is 31.1 Å². The van der Waals surface area contributed by atoms with Crippen LogP contribution in [0.15, 0.2) is 59.3 Å². The smallest absolute Gasteiger partial charge is 0.246 e. The molecule has 0 atom stereocenters. The van der Waals surface area contributed by atoms with Crippen LogP contribution in [0.1, 0.15) is 5.89 Å². The lowest BCUT2D eigenvalue weighted by molar-refractivity contribution is -0.126. The van der Waals surface area contributed by atoms with Crippen LogP contribution in [0.25, 0.3) is 17.2 Å². The minimum Gasteiger partial charge on any atom is -0.437 e. The van der Waals surface area contributed by atoms with E-state index in [1.807, 2.05) is 41.3 Å². The van der Waals surface area contributed by atoms with Crippen LogP contribution in [0, 0.1) is 0 Å². The Balaban J connectivity index is 1.37. The molecule has 0 spiro atoms. The predicted octanol–water partition coefficient (Wildman–Crippen LogP) is 2.58. The van der Waals surface area contributed by atoms with Crippen LogP contribution < -0.4 is 4.90 Å². The van der Waals surface area contributed by atoms with Gasteiger partial charge in [-0.1, -0.05) is 12.1 Å². The summed E-state index contributed by atoms with van der Waals surface area (Å²) in [5.41, 5.74) is 2.66. The number of hydrogen-bond acceptors (Lipinski definition) is 5. The van der Waals surface area contributed by atoms with Crippen LogP contribution in [0.5, 0.6) is 0 Å². The molecule has 3 heterocycles. The van der Waals surface area contributed by atoms with Crippen molar-refractivity contribution in [1.29, 1.82) is 0 Å². The van der Waals surface area contributed by atoms with E-state index in [-0.39, 0.29) is 5.91 Å². The van der Waals surface area contributed by atoms with E-state index in [9.17, 15) is 4.79 Å². The number of pyridine rings is 1. The zero-order valence-electron chi connectivity index (χ0n) is 13.7. The van der Waals surface area contributed by atoms with Crippen molar-refractivity contribution in [3.05, 3.63) is 60.8 Å². The fourth-order valence-corrected chi connectivity index (χ4v) is 2.95. The van der Waals surface area contributed by atoms with E-state index in [2.05, 4.69) is 14.9 Å². The van der Waals surface area contributed by atoms with Gasteiger partial charge in [-0.3, -0.25) is 9.78 Å². The maximum Gasteiger partial charge on any atom is 0.246 e. The van der Waals surface area contributed by atoms with E-state index in [0.29, 0.717) is 19.0 Å². The summed E-state index contributed by atoms with van der Waals surface area (Å²) in [4.78, 5) is 24.9. The molecule has 126 valence electrons. The van der Waals surface area contributed by atoms with E-state index in [0.717, 1.165) is 29.9 Å². The SMILES string of the molecule is O=C(/C=C/c1nc2ccccc2o1)N1CCN(c2ccncc2)CC1. The molecule has 1 aliphatic heterocycles. The first-order valence-electron chi connectivity index (χ1n) is 8.27. The molecule has 1 aromatic carbocycles. The van der Waals surface area contributed by atoms with Gasteiger partial charge in [0, 0.05) is 56.4 Å². The zero-order chi connectivity index (χ0) is 17.1. The standard InChI is InChI=1S/C19H18N4O2/c24-19(6-5-18-21-16-3-1-2-4-17(16)25-18)23-13-11-22(12-14-23)15-7-9-20-10-8-15/h1-10H,11-14H2/b6-5+. The van der Waals surface area contributed by atoms with Gasteiger partial charge in [-0.15, -0.1) is 0 Å². The van der Waals surface area contributed by atoms with E-state index < -0.39 is 0 Å². The first-order chi connectivity index (χ1) is 12.3. The van der Waals surface area contributed by atoms with Crippen molar-refractivity contribution in [3.63, 3.8) is 0 Å². The van der Waals surface area contributed by atoms with Gasteiger partial charge < -0.3 is 14.2 Å². The van der Waals surface area contributed by atoms with Crippen molar-refractivity contribution in [2.45, 2.75) is 0 Å². The number of benzene rings is 1. The lowest BCUT2D eigenvalue weighted by Gasteiger charge is -2.35. The summed E-state index contributed by atoms with van der Waals surface area (Å²) in [5.74, 6) is 0.432. The Kier molecular flexibility index (Phi) is 4.16. The fourth-order valence-electron chi connectivity index (χ4n) is 2.95. The summed E-state index contributed by atoms with van der Waals surface area (Å²) in [6.07, 6.45) is 6.75. The second kappa shape index (κ2) is 6.76. The third kappa shape index (κ3) is 3.38. The van der Waals surface area contributed by atoms with Gasteiger partial charge in [0.25, 0.3) is 0 Å². The predicted molar refractivity (Wildman–Crippen MR) is 96.1 cm³/mol. The third-order valence-corrected chi connectivity index (χ3v) is 4.30. The number of nitrogens with zero attached hydrogens (tertiary/aromatic N) is 4. The average molecular weight is 334 g/mol. The molecule has 6 heteroatoms. The Hall–Kier alpha value is -3.15. The van der Waals surface area contributed by atoms with Gasteiger partial charge >= 0.3 is 0 Å². The van der Waals surface area contributed by atoms with Gasteiger partial charge in [-0.2, -0.15) is 0 Å². The van der Waals surface area contributed by atoms with Gasteiger partial charge in [0.1, 0.15) is 5.52 Å². The normalized spacial score (nSPS) is 15.2. The lowest BCUT2D eigenvalue weighted by atomic mass is 10.2. The number of piperazine rings is 1. The molecule has 0 N–H and O–H groups in total. The summed E-state index contributed by atoms with van der Waals surface area (Å²) in [5, 5.41) is 0. The van der Waals surface area contributed by atoms with E-state index >= 15 is 0 Å². The van der Waals surface area contributed by atoms with Gasteiger partial charge in [-0.05, 0) is 24.3 Å². The number of hydrogen-bond donors (Lipinski definition) is 0. The number of aromatic nitrogens is 2. The lowest BCUT2D eigenvalue weighted by Crippen LogP contribution is -2.48. The Morgan fingerprint density at radius 2 is 1.80 bits per heavy atom.